The van der Waals surface area contributed by atoms with Gasteiger partial charge in [0.1, 0.15) is 23.9 Å². The summed E-state index contributed by atoms with van der Waals surface area (Å²) in [6.07, 6.45) is -1.68. The van der Waals surface area contributed by atoms with E-state index in [4.69, 9.17) is 14.2 Å². The van der Waals surface area contributed by atoms with Crippen LogP contribution in [0.4, 0.5) is 9.59 Å². The Labute approximate surface area is 179 Å². The molecule has 1 aromatic rings. The quantitative estimate of drug-likeness (QED) is 0.351. The molecular formula is C23H35NO6. The van der Waals surface area contributed by atoms with Gasteiger partial charge in [-0.1, -0.05) is 44.2 Å². The molecule has 0 spiro atoms. The maximum Gasteiger partial charge on any atom is 0.420 e. The lowest BCUT2D eigenvalue weighted by atomic mass is 10.0. The Morgan fingerprint density at radius 2 is 1.33 bits per heavy atom. The van der Waals surface area contributed by atoms with Gasteiger partial charge in [-0.15, -0.1) is 0 Å². The van der Waals surface area contributed by atoms with E-state index in [1.54, 1.807) is 41.5 Å². The van der Waals surface area contributed by atoms with E-state index >= 15 is 0 Å². The molecule has 1 rings (SSSR count). The number of hydrogen-bond acceptors (Lipinski definition) is 6. The van der Waals surface area contributed by atoms with Crippen LogP contribution in [0, 0.1) is 5.92 Å². The molecule has 30 heavy (non-hydrogen) atoms. The third-order valence-corrected chi connectivity index (χ3v) is 3.68. The minimum atomic E-state index is -1.17. The van der Waals surface area contributed by atoms with E-state index in [1.807, 2.05) is 44.2 Å². The van der Waals surface area contributed by atoms with Crippen molar-refractivity contribution in [2.24, 2.45) is 5.92 Å². The molecule has 0 radical (unpaired) electrons. The third kappa shape index (κ3) is 9.29. The van der Waals surface area contributed by atoms with Gasteiger partial charge >= 0.3 is 18.2 Å². The second kappa shape index (κ2) is 10.5. The Balaban J connectivity index is 3.18. The van der Waals surface area contributed by atoms with Crippen LogP contribution in [0.1, 0.15) is 67.4 Å². The van der Waals surface area contributed by atoms with Crippen LogP contribution < -0.4 is 0 Å². The van der Waals surface area contributed by atoms with Gasteiger partial charge in [0.2, 0.25) is 0 Å². The zero-order chi connectivity index (χ0) is 23.1. The predicted molar refractivity (Wildman–Crippen MR) is 114 cm³/mol. The Morgan fingerprint density at radius 1 is 0.867 bits per heavy atom. The number of esters is 1. The van der Waals surface area contributed by atoms with E-state index < -0.39 is 35.4 Å². The minimum absolute atomic E-state index is 0.00616. The maximum absolute atomic E-state index is 13.0. The first-order valence-electron chi connectivity index (χ1n) is 10.2. The first-order chi connectivity index (χ1) is 13.7. The fourth-order valence-electron chi connectivity index (χ4n) is 2.53. The van der Waals surface area contributed by atoms with Gasteiger partial charge in [0.15, 0.2) is 0 Å². The molecule has 168 valence electrons. The lowest BCUT2D eigenvalue weighted by molar-refractivity contribution is -0.151. The predicted octanol–water partition coefficient (Wildman–Crippen LogP) is 5.32. The molecule has 0 fully saturated rings. The molecule has 0 aliphatic rings. The first-order valence-corrected chi connectivity index (χ1v) is 10.2. The highest BCUT2D eigenvalue weighted by Gasteiger charge is 2.41. The molecular weight excluding hydrogens is 387 g/mol. The van der Waals surface area contributed by atoms with Crippen molar-refractivity contribution in [3.63, 3.8) is 0 Å². The van der Waals surface area contributed by atoms with Gasteiger partial charge in [-0.2, -0.15) is 4.90 Å². The molecule has 0 saturated heterocycles. The van der Waals surface area contributed by atoms with Crippen LogP contribution in [0.3, 0.4) is 0 Å². The molecule has 0 aliphatic heterocycles. The zero-order valence-electron chi connectivity index (χ0n) is 19.4. The topological polar surface area (TPSA) is 82.1 Å². The van der Waals surface area contributed by atoms with Crippen molar-refractivity contribution >= 4 is 18.2 Å². The summed E-state index contributed by atoms with van der Waals surface area (Å²) in [5.74, 6) is -0.684. The summed E-state index contributed by atoms with van der Waals surface area (Å²) in [5, 5.41) is 0. The van der Waals surface area contributed by atoms with Crippen LogP contribution in [-0.4, -0.2) is 40.3 Å². The van der Waals surface area contributed by atoms with Crippen LogP contribution in [-0.2, 0) is 25.6 Å². The number of ether oxygens (including phenoxy) is 3. The normalized spacial score (nSPS) is 12.8. The number of amides is 2. The summed E-state index contributed by atoms with van der Waals surface area (Å²) in [6.45, 7) is 13.9. The van der Waals surface area contributed by atoms with Crippen molar-refractivity contribution in [3.8, 4) is 0 Å². The van der Waals surface area contributed by atoms with E-state index in [1.165, 1.54) is 0 Å². The summed E-state index contributed by atoms with van der Waals surface area (Å²) >= 11 is 0. The molecule has 0 unspecified atom stereocenters. The number of carbonyl (C=O) groups is 3. The minimum Gasteiger partial charge on any atom is -0.459 e. The second-order valence-corrected chi connectivity index (χ2v) is 9.57. The van der Waals surface area contributed by atoms with E-state index in [9.17, 15) is 14.4 Å². The molecule has 0 aromatic heterocycles. The number of imide groups is 1. The average Bonchev–Trinajstić information content (AvgIpc) is 2.56. The summed E-state index contributed by atoms with van der Waals surface area (Å²) in [6, 6.07) is 8.01. The van der Waals surface area contributed by atoms with Crippen LogP contribution in [0.5, 0.6) is 0 Å². The Hall–Kier alpha value is -2.57. The van der Waals surface area contributed by atoms with E-state index in [-0.39, 0.29) is 18.9 Å². The molecule has 0 heterocycles. The number of hydrogen-bond donors (Lipinski definition) is 0. The maximum atomic E-state index is 13.0. The molecule has 0 bridgehead atoms. The van der Waals surface area contributed by atoms with Crippen LogP contribution in [0.25, 0.3) is 0 Å². The average molecular weight is 423 g/mol. The molecule has 7 heteroatoms. The van der Waals surface area contributed by atoms with Gasteiger partial charge in [0, 0.05) is 0 Å². The molecule has 7 nitrogen and oxygen atoms in total. The Kier molecular flexibility index (Phi) is 8.88. The van der Waals surface area contributed by atoms with Crippen LogP contribution >= 0.6 is 0 Å². The highest BCUT2D eigenvalue weighted by molar-refractivity contribution is 5.94. The second-order valence-electron chi connectivity index (χ2n) is 9.57. The summed E-state index contributed by atoms with van der Waals surface area (Å²) in [5.41, 5.74) is -0.906. The van der Waals surface area contributed by atoms with Crippen molar-refractivity contribution in [1.82, 2.24) is 4.90 Å². The summed E-state index contributed by atoms with van der Waals surface area (Å²) < 4.78 is 16.2. The molecule has 0 aliphatic carbocycles. The van der Waals surface area contributed by atoms with Crippen molar-refractivity contribution in [2.75, 3.05) is 0 Å². The van der Waals surface area contributed by atoms with Gasteiger partial charge in [-0.25, -0.2) is 14.4 Å². The van der Waals surface area contributed by atoms with Gasteiger partial charge in [-0.05, 0) is 59.4 Å². The zero-order valence-corrected chi connectivity index (χ0v) is 19.4. The van der Waals surface area contributed by atoms with Crippen LogP contribution in [0.2, 0.25) is 0 Å². The first kappa shape index (κ1) is 25.5. The van der Waals surface area contributed by atoms with E-state index in [0.717, 1.165) is 10.5 Å². The van der Waals surface area contributed by atoms with Gasteiger partial charge in [-0.3, -0.25) is 0 Å². The van der Waals surface area contributed by atoms with Gasteiger partial charge < -0.3 is 14.2 Å². The molecule has 0 N–H and O–H groups in total. The molecule has 2 amide bonds. The lowest BCUT2D eigenvalue weighted by Crippen LogP contribution is -2.52. The summed E-state index contributed by atoms with van der Waals surface area (Å²) in [7, 11) is 0. The van der Waals surface area contributed by atoms with E-state index in [2.05, 4.69) is 0 Å². The van der Waals surface area contributed by atoms with Crippen molar-refractivity contribution in [1.29, 1.82) is 0 Å². The fraction of sp³-hybridized carbons (Fsp3) is 0.609. The third-order valence-electron chi connectivity index (χ3n) is 3.68. The highest BCUT2D eigenvalue weighted by atomic mass is 16.7. The molecule has 1 aromatic carbocycles. The van der Waals surface area contributed by atoms with Crippen molar-refractivity contribution < 1.29 is 28.6 Å². The standard InChI is InChI=1S/C23H35NO6/c1-16(2)14-18(19(25)28-15-17-12-10-9-11-13-17)24(20(26)29-22(3,4)5)21(27)30-23(6,7)8/h9-13,16,18H,14-15H2,1-8H3/t18-/m0/s1/i24+1. The fourth-order valence-corrected chi connectivity index (χ4v) is 2.53. The summed E-state index contributed by atoms with van der Waals surface area (Å²) in [4.78, 5) is 39.5. The monoisotopic (exact) mass is 422 g/mol. The smallest absolute Gasteiger partial charge is 0.420 e. The Bertz CT molecular complexity index is 687. The van der Waals surface area contributed by atoms with Gasteiger partial charge in [0.05, 0.1) is 0 Å². The Morgan fingerprint density at radius 3 is 1.73 bits per heavy atom. The van der Waals surface area contributed by atoms with Gasteiger partial charge in [0.25, 0.3) is 0 Å². The lowest BCUT2D eigenvalue weighted by Gasteiger charge is -2.33. The number of benzene rings is 1. The largest absolute Gasteiger partial charge is 0.459 e. The number of carbonyl (C=O) groups excluding carboxylic acids is 3. The highest BCUT2D eigenvalue weighted by Crippen LogP contribution is 2.21. The van der Waals surface area contributed by atoms with Crippen LogP contribution in [0.15, 0.2) is 30.3 Å². The number of nitrogens with zero attached hydrogens (tertiary/aromatic N) is 1. The molecule has 1 atom stereocenters. The van der Waals surface area contributed by atoms with E-state index in [0.29, 0.717) is 0 Å². The SMILES string of the molecule is CC(C)C[C@@H](C(=O)OCc1ccccc1)[15N](C(=O)OC(C)(C)C)C(=O)OC(C)(C)C. The molecule has 0 saturated carbocycles. The van der Waals surface area contributed by atoms with Crippen molar-refractivity contribution in [3.05, 3.63) is 35.9 Å². The van der Waals surface area contributed by atoms with Crippen molar-refractivity contribution in [2.45, 2.75) is 85.7 Å². The number of rotatable bonds is 6.